The largest absolute Gasteiger partial charge is 0.481 e. The summed E-state index contributed by atoms with van der Waals surface area (Å²) in [6.07, 6.45) is 2.11. The minimum absolute atomic E-state index is 0.0548. The van der Waals surface area contributed by atoms with Crippen molar-refractivity contribution in [2.45, 2.75) is 51.5 Å². The van der Waals surface area contributed by atoms with E-state index >= 15 is 0 Å². The normalized spacial score (nSPS) is 19.6. The molecule has 0 aromatic heterocycles. The number of carboxylic acids is 1. The monoisotopic (exact) mass is 478 g/mol. The molecule has 7 heteroatoms. The molecule has 0 heterocycles. The van der Waals surface area contributed by atoms with Crippen LogP contribution in [0, 0.1) is 17.8 Å². The van der Waals surface area contributed by atoms with Crippen LogP contribution in [0.1, 0.15) is 56.6 Å². The van der Waals surface area contributed by atoms with E-state index in [0.717, 1.165) is 35.1 Å². The molecule has 0 aliphatic heterocycles. The molecule has 0 radical (unpaired) electrons. The number of fused-ring (bicyclic) bond motifs is 3. The van der Waals surface area contributed by atoms with E-state index in [0.29, 0.717) is 19.4 Å². The van der Waals surface area contributed by atoms with Gasteiger partial charge in [0, 0.05) is 12.5 Å². The van der Waals surface area contributed by atoms with Gasteiger partial charge in [-0.15, -0.1) is 0 Å². The predicted octanol–water partition coefficient (Wildman–Crippen LogP) is 4.56. The van der Waals surface area contributed by atoms with Gasteiger partial charge in [-0.25, -0.2) is 4.79 Å². The summed E-state index contributed by atoms with van der Waals surface area (Å²) in [5.74, 6) is -1.49. The number of alkyl carbamates (subject to hydrolysis) is 1. The van der Waals surface area contributed by atoms with E-state index in [-0.39, 0.29) is 30.3 Å². The van der Waals surface area contributed by atoms with Crippen LogP contribution in [0.2, 0.25) is 0 Å². The number of amides is 2. The minimum Gasteiger partial charge on any atom is -0.481 e. The molecule has 4 rings (SSSR count). The average molecular weight is 479 g/mol. The number of hydrogen-bond acceptors (Lipinski definition) is 4. The van der Waals surface area contributed by atoms with Gasteiger partial charge >= 0.3 is 12.1 Å². The summed E-state index contributed by atoms with van der Waals surface area (Å²) in [6, 6.07) is 15.5. The molecule has 0 saturated heterocycles. The van der Waals surface area contributed by atoms with Gasteiger partial charge < -0.3 is 20.5 Å². The Morgan fingerprint density at radius 3 is 2.23 bits per heavy atom. The molecule has 0 spiro atoms. The van der Waals surface area contributed by atoms with Gasteiger partial charge in [0.25, 0.3) is 0 Å². The van der Waals surface area contributed by atoms with Crippen molar-refractivity contribution in [3.63, 3.8) is 0 Å². The first-order valence-corrected chi connectivity index (χ1v) is 12.5. The number of benzene rings is 2. The SMILES string of the molecule is CC(C)C[C@H](NC(=O)OCC1c2ccccc2-c2ccccc21)C(=O)NC[C@@H]1CCC[C@@H]1C(=O)O. The molecule has 186 valence electrons. The van der Waals surface area contributed by atoms with E-state index in [1.807, 2.05) is 38.1 Å². The second-order valence-electron chi connectivity index (χ2n) is 10.0. The highest BCUT2D eigenvalue weighted by Gasteiger charge is 2.34. The highest BCUT2D eigenvalue weighted by molar-refractivity contribution is 5.86. The molecule has 2 aliphatic carbocycles. The Labute approximate surface area is 206 Å². The maximum atomic E-state index is 12.9. The zero-order valence-electron chi connectivity index (χ0n) is 20.3. The summed E-state index contributed by atoms with van der Waals surface area (Å²) in [6.45, 7) is 4.45. The van der Waals surface area contributed by atoms with E-state index in [9.17, 15) is 19.5 Å². The quantitative estimate of drug-likeness (QED) is 0.490. The van der Waals surface area contributed by atoms with Crippen LogP contribution < -0.4 is 10.6 Å². The predicted molar refractivity (Wildman–Crippen MR) is 133 cm³/mol. The molecule has 3 atom stereocenters. The number of carboxylic acid groups (broad SMARTS) is 1. The second kappa shape index (κ2) is 10.9. The molecule has 3 N–H and O–H groups in total. The van der Waals surface area contributed by atoms with Crippen LogP contribution in [-0.2, 0) is 14.3 Å². The van der Waals surface area contributed by atoms with Crippen molar-refractivity contribution >= 4 is 18.0 Å². The van der Waals surface area contributed by atoms with E-state index in [1.165, 1.54) is 0 Å². The van der Waals surface area contributed by atoms with E-state index < -0.39 is 24.0 Å². The number of nitrogens with one attached hydrogen (secondary N) is 2. The molecule has 0 unspecified atom stereocenters. The molecule has 1 fully saturated rings. The Balaban J connectivity index is 1.36. The first-order chi connectivity index (χ1) is 16.8. The number of ether oxygens (including phenoxy) is 1. The molecule has 2 aromatic carbocycles. The fourth-order valence-electron chi connectivity index (χ4n) is 5.45. The number of carbonyl (C=O) groups excluding carboxylic acids is 2. The standard InChI is InChI=1S/C28H34N2O5/c1-17(2)14-25(26(31)29-15-18-8-7-13-19(18)27(32)33)30-28(34)35-16-24-22-11-5-3-9-20(22)21-10-4-6-12-23(21)24/h3-6,9-12,17-19,24-25H,7-8,13-16H2,1-2H3,(H,29,31)(H,30,34)(H,32,33)/t18-,19-,25-/m0/s1. The maximum Gasteiger partial charge on any atom is 0.407 e. The van der Waals surface area contributed by atoms with Gasteiger partial charge in [0.1, 0.15) is 12.6 Å². The number of hydrogen-bond donors (Lipinski definition) is 3. The minimum atomic E-state index is -0.808. The summed E-state index contributed by atoms with van der Waals surface area (Å²) < 4.78 is 5.62. The maximum absolute atomic E-state index is 12.9. The highest BCUT2D eigenvalue weighted by Crippen LogP contribution is 2.44. The second-order valence-corrected chi connectivity index (χ2v) is 10.0. The molecular weight excluding hydrogens is 444 g/mol. The number of carbonyl (C=O) groups is 3. The van der Waals surface area contributed by atoms with Gasteiger partial charge in [-0.3, -0.25) is 9.59 Å². The van der Waals surface area contributed by atoms with Gasteiger partial charge in [0.2, 0.25) is 5.91 Å². The van der Waals surface area contributed by atoms with Crippen LogP contribution in [-0.4, -0.2) is 42.3 Å². The van der Waals surface area contributed by atoms with Crippen LogP contribution in [0.15, 0.2) is 48.5 Å². The highest BCUT2D eigenvalue weighted by atomic mass is 16.5. The molecule has 0 bridgehead atoms. The lowest BCUT2D eigenvalue weighted by molar-refractivity contribution is -0.143. The Morgan fingerprint density at radius 1 is 1.00 bits per heavy atom. The first kappa shape index (κ1) is 24.8. The lowest BCUT2D eigenvalue weighted by Crippen LogP contribution is -2.49. The third-order valence-electron chi connectivity index (χ3n) is 7.17. The average Bonchev–Trinajstić information content (AvgIpc) is 3.43. The molecule has 2 amide bonds. The van der Waals surface area contributed by atoms with Gasteiger partial charge in [0.05, 0.1) is 5.92 Å². The van der Waals surface area contributed by atoms with Crippen molar-refractivity contribution in [1.29, 1.82) is 0 Å². The van der Waals surface area contributed by atoms with Crippen molar-refractivity contribution in [3.05, 3.63) is 59.7 Å². The third-order valence-corrected chi connectivity index (χ3v) is 7.17. The first-order valence-electron chi connectivity index (χ1n) is 12.5. The van der Waals surface area contributed by atoms with Crippen LogP contribution in [0.5, 0.6) is 0 Å². The van der Waals surface area contributed by atoms with Gasteiger partial charge in [0.15, 0.2) is 0 Å². The van der Waals surface area contributed by atoms with Gasteiger partial charge in [-0.2, -0.15) is 0 Å². The zero-order chi connectivity index (χ0) is 24.9. The van der Waals surface area contributed by atoms with Crippen molar-refractivity contribution in [1.82, 2.24) is 10.6 Å². The lowest BCUT2D eigenvalue weighted by Gasteiger charge is -2.23. The van der Waals surface area contributed by atoms with Crippen LogP contribution in [0.25, 0.3) is 11.1 Å². The Bertz CT molecular complexity index is 1040. The van der Waals surface area contributed by atoms with Gasteiger partial charge in [-0.1, -0.05) is 68.8 Å². The van der Waals surface area contributed by atoms with Crippen LogP contribution in [0.3, 0.4) is 0 Å². The van der Waals surface area contributed by atoms with Crippen LogP contribution in [0.4, 0.5) is 4.79 Å². The van der Waals surface area contributed by atoms with E-state index in [2.05, 4.69) is 34.9 Å². The summed E-state index contributed by atoms with van der Waals surface area (Å²) in [5, 5.41) is 15.0. The Hall–Kier alpha value is -3.35. The molecule has 2 aromatic rings. The molecule has 35 heavy (non-hydrogen) atoms. The lowest BCUT2D eigenvalue weighted by atomic mass is 9.96. The fraction of sp³-hybridized carbons (Fsp3) is 0.464. The molecule has 7 nitrogen and oxygen atoms in total. The van der Waals surface area contributed by atoms with E-state index in [4.69, 9.17) is 4.74 Å². The third kappa shape index (κ3) is 5.66. The van der Waals surface area contributed by atoms with Crippen molar-refractivity contribution in [2.75, 3.05) is 13.2 Å². The Morgan fingerprint density at radius 2 is 1.63 bits per heavy atom. The smallest absolute Gasteiger partial charge is 0.407 e. The summed E-state index contributed by atoms with van der Waals surface area (Å²) in [5.41, 5.74) is 4.56. The molecule has 2 aliphatic rings. The number of aliphatic carboxylic acids is 1. The molecule has 1 saturated carbocycles. The van der Waals surface area contributed by atoms with Crippen LogP contribution >= 0.6 is 0 Å². The fourth-order valence-corrected chi connectivity index (χ4v) is 5.45. The summed E-state index contributed by atoms with van der Waals surface area (Å²) >= 11 is 0. The molecular formula is C28H34N2O5. The van der Waals surface area contributed by atoms with E-state index in [1.54, 1.807) is 0 Å². The topological polar surface area (TPSA) is 105 Å². The van der Waals surface area contributed by atoms with Crippen molar-refractivity contribution in [3.8, 4) is 11.1 Å². The van der Waals surface area contributed by atoms with Crippen molar-refractivity contribution < 1.29 is 24.2 Å². The Kier molecular flexibility index (Phi) is 7.73. The number of rotatable bonds is 9. The van der Waals surface area contributed by atoms with Gasteiger partial charge in [-0.05, 0) is 53.4 Å². The zero-order valence-corrected chi connectivity index (χ0v) is 20.3. The summed E-state index contributed by atoms with van der Waals surface area (Å²) in [7, 11) is 0. The van der Waals surface area contributed by atoms with Crippen molar-refractivity contribution in [2.24, 2.45) is 17.8 Å². The summed E-state index contributed by atoms with van der Waals surface area (Å²) in [4.78, 5) is 37.1.